The largest absolute Gasteiger partial charge is 0.363 e. The Bertz CT molecular complexity index is 978. The predicted molar refractivity (Wildman–Crippen MR) is 104 cm³/mol. The summed E-state index contributed by atoms with van der Waals surface area (Å²) in [5.41, 5.74) is 2.53. The molecule has 0 aliphatic rings. The van der Waals surface area contributed by atoms with Gasteiger partial charge in [-0.15, -0.1) is 0 Å². The van der Waals surface area contributed by atoms with Gasteiger partial charge in [0.2, 0.25) is 0 Å². The minimum absolute atomic E-state index is 0.0370. The Morgan fingerprint density at radius 3 is 2.44 bits per heavy atom. The summed E-state index contributed by atoms with van der Waals surface area (Å²) in [5, 5.41) is 14.9. The molecule has 0 spiro atoms. The second kappa shape index (κ2) is 8.11. The van der Waals surface area contributed by atoms with Crippen LogP contribution < -0.4 is 10.6 Å². The number of hydrogen-bond acceptors (Lipinski definition) is 5. The zero-order valence-electron chi connectivity index (χ0n) is 15.1. The van der Waals surface area contributed by atoms with E-state index in [2.05, 4.69) is 20.6 Å². The lowest BCUT2D eigenvalue weighted by atomic mass is 10.1. The number of amides is 1. The number of aromatic nitrogens is 2. The molecule has 0 aliphatic carbocycles. The van der Waals surface area contributed by atoms with Crippen molar-refractivity contribution in [1.29, 1.82) is 5.26 Å². The van der Waals surface area contributed by atoms with Crippen molar-refractivity contribution in [3.63, 3.8) is 0 Å². The maximum absolute atomic E-state index is 12.5. The van der Waals surface area contributed by atoms with Crippen LogP contribution in [0.1, 0.15) is 40.4 Å². The molecule has 27 heavy (non-hydrogen) atoms. The summed E-state index contributed by atoms with van der Waals surface area (Å²) in [5.74, 6) is 0.759. The molecular formula is C21H19N5O. The highest BCUT2D eigenvalue weighted by Gasteiger charge is 2.13. The Morgan fingerprint density at radius 1 is 1.07 bits per heavy atom. The number of anilines is 2. The molecule has 134 valence electrons. The number of nitrogens with one attached hydrogen (secondary N) is 2. The first-order chi connectivity index (χ1) is 13.0. The minimum atomic E-state index is -0.333. The van der Waals surface area contributed by atoms with Crippen molar-refractivity contribution in [1.82, 2.24) is 9.97 Å². The van der Waals surface area contributed by atoms with Crippen molar-refractivity contribution in [2.75, 3.05) is 10.6 Å². The molecule has 0 radical (unpaired) electrons. The molecule has 3 rings (SSSR count). The SMILES string of the molecule is Cc1nc(NC(C)c2ccccc2)cc(C(=O)Nc2ccc(C#N)cc2)n1. The lowest BCUT2D eigenvalue weighted by Crippen LogP contribution is -2.16. The second-order valence-electron chi connectivity index (χ2n) is 6.11. The van der Waals surface area contributed by atoms with Gasteiger partial charge in [-0.3, -0.25) is 4.79 Å². The van der Waals surface area contributed by atoms with Gasteiger partial charge in [0, 0.05) is 17.8 Å². The molecular weight excluding hydrogens is 338 g/mol. The molecule has 1 amide bonds. The van der Waals surface area contributed by atoms with Crippen LogP contribution >= 0.6 is 0 Å². The number of carbonyl (C=O) groups is 1. The first-order valence-electron chi connectivity index (χ1n) is 8.54. The number of carbonyl (C=O) groups excluding carboxylic acids is 1. The smallest absolute Gasteiger partial charge is 0.274 e. The molecule has 0 fully saturated rings. The number of nitrogens with zero attached hydrogens (tertiary/aromatic N) is 3. The normalized spacial score (nSPS) is 11.3. The van der Waals surface area contributed by atoms with Gasteiger partial charge in [-0.2, -0.15) is 5.26 Å². The van der Waals surface area contributed by atoms with Crippen molar-refractivity contribution in [2.45, 2.75) is 19.9 Å². The Kier molecular flexibility index (Phi) is 5.43. The zero-order chi connectivity index (χ0) is 19.2. The monoisotopic (exact) mass is 357 g/mol. The molecule has 0 saturated carbocycles. The van der Waals surface area contributed by atoms with E-state index in [9.17, 15) is 4.79 Å². The topological polar surface area (TPSA) is 90.7 Å². The molecule has 1 heterocycles. The fourth-order valence-corrected chi connectivity index (χ4v) is 2.63. The fraction of sp³-hybridized carbons (Fsp3) is 0.143. The third-order valence-electron chi connectivity index (χ3n) is 4.01. The Hall–Kier alpha value is -3.72. The van der Waals surface area contributed by atoms with E-state index in [-0.39, 0.29) is 17.6 Å². The summed E-state index contributed by atoms with van der Waals surface area (Å²) >= 11 is 0. The summed E-state index contributed by atoms with van der Waals surface area (Å²) in [4.78, 5) is 21.1. The van der Waals surface area contributed by atoms with E-state index < -0.39 is 0 Å². The van der Waals surface area contributed by atoms with Gasteiger partial charge in [0.05, 0.1) is 11.6 Å². The Morgan fingerprint density at radius 2 is 1.78 bits per heavy atom. The van der Waals surface area contributed by atoms with Gasteiger partial charge in [-0.1, -0.05) is 30.3 Å². The Labute approximate surface area is 157 Å². The van der Waals surface area contributed by atoms with Crippen LogP contribution in [0.2, 0.25) is 0 Å². The molecule has 3 aromatic rings. The van der Waals surface area contributed by atoms with Gasteiger partial charge in [0.15, 0.2) is 0 Å². The summed E-state index contributed by atoms with van der Waals surface area (Å²) in [6, 6.07) is 20.4. The molecule has 0 aliphatic heterocycles. The second-order valence-corrected chi connectivity index (χ2v) is 6.11. The van der Waals surface area contributed by atoms with Gasteiger partial charge in [0.25, 0.3) is 5.91 Å². The van der Waals surface area contributed by atoms with Gasteiger partial charge in [0.1, 0.15) is 17.3 Å². The van der Waals surface area contributed by atoms with E-state index >= 15 is 0 Å². The average Bonchev–Trinajstić information content (AvgIpc) is 2.68. The predicted octanol–water partition coefficient (Wildman–Crippen LogP) is 4.08. The summed E-state index contributed by atoms with van der Waals surface area (Å²) in [6.07, 6.45) is 0. The van der Waals surface area contributed by atoms with Crippen molar-refractivity contribution in [2.24, 2.45) is 0 Å². The molecule has 1 atom stereocenters. The molecule has 1 unspecified atom stereocenters. The molecule has 2 aromatic carbocycles. The van der Waals surface area contributed by atoms with Crippen LogP contribution in [-0.2, 0) is 0 Å². The number of nitriles is 1. The van der Waals surface area contributed by atoms with Gasteiger partial charge in [-0.25, -0.2) is 9.97 Å². The number of aryl methyl sites for hydroxylation is 1. The van der Waals surface area contributed by atoms with E-state index in [1.165, 1.54) is 0 Å². The maximum Gasteiger partial charge on any atom is 0.274 e. The summed E-state index contributed by atoms with van der Waals surface area (Å²) in [6.45, 7) is 3.78. The highest BCUT2D eigenvalue weighted by atomic mass is 16.1. The van der Waals surface area contributed by atoms with Crippen molar-refractivity contribution in [3.05, 3.63) is 83.3 Å². The van der Waals surface area contributed by atoms with E-state index in [4.69, 9.17) is 5.26 Å². The third kappa shape index (κ3) is 4.67. The molecule has 6 nitrogen and oxygen atoms in total. The average molecular weight is 357 g/mol. The standard InChI is InChI=1S/C21H19N5O/c1-14(17-6-4-3-5-7-17)23-20-12-19(24-15(2)25-20)21(27)26-18-10-8-16(13-22)9-11-18/h3-12,14H,1-2H3,(H,26,27)(H,23,24,25). The molecule has 0 saturated heterocycles. The summed E-state index contributed by atoms with van der Waals surface area (Å²) < 4.78 is 0. The Balaban J connectivity index is 1.76. The first kappa shape index (κ1) is 18.1. The van der Waals surface area contributed by atoms with Gasteiger partial charge >= 0.3 is 0 Å². The van der Waals surface area contributed by atoms with E-state index in [1.54, 1.807) is 37.3 Å². The quantitative estimate of drug-likeness (QED) is 0.718. The van der Waals surface area contributed by atoms with E-state index in [1.807, 2.05) is 43.3 Å². The van der Waals surface area contributed by atoms with Crippen LogP contribution in [0, 0.1) is 18.3 Å². The van der Waals surface area contributed by atoms with Crippen molar-refractivity contribution in [3.8, 4) is 6.07 Å². The van der Waals surface area contributed by atoms with E-state index in [0.29, 0.717) is 22.9 Å². The first-order valence-corrected chi connectivity index (χ1v) is 8.54. The number of benzene rings is 2. The van der Waals surface area contributed by atoms with Crippen molar-refractivity contribution >= 4 is 17.4 Å². The lowest BCUT2D eigenvalue weighted by Gasteiger charge is -2.16. The maximum atomic E-state index is 12.5. The summed E-state index contributed by atoms with van der Waals surface area (Å²) in [7, 11) is 0. The molecule has 1 aromatic heterocycles. The minimum Gasteiger partial charge on any atom is -0.363 e. The van der Waals surface area contributed by atoms with Crippen LogP contribution in [0.25, 0.3) is 0 Å². The van der Waals surface area contributed by atoms with Crippen LogP contribution in [0.5, 0.6) is 0 Å². The molecule has 2 N–H and O–H groups in total. The lowest BCUT2D eigenvalue weighted by molar-refractivity contribution is 0.102. The molecule has 6 heteroatoms. The fourth-order valence-electron chi connectivity index (χ4n) is 2.63. The highest BCUT2D eigenvalue weighted by Crippen LogP contribution is 2.19. The van der Waals surface area contributed by atoms with Gasteiger partial charge in [-0.05, 0) is 43.7 Å². The number of hydrogen-bond donors (Lipinski definition) is 2. The van der Waals surface area contributed by atoms with E-state index in [0.717, 1.165) is 5.56 Å². The van der Waals surface area contributed by atoms with Crippen LogP contribution in [-0.4, -0.2) is 15.9 Å². The van der Waals surface area contributed by atoms with Gasteiger partial charge < -0.3 is 10.6 Å². The third-order valence-corrected chi connectivity index (χ3v) is 4.01. The van der Waals surface area contributed by atoms with Crippen LogP contribution in [0.3, 0.4) is 0 Å². The zero-order valence-corrected chi connectivity index (χ0v) is 15.1. The number of rotatable bonds is 5. The van der Waals surface area contributed by atoms with Crippen LogP contribution in [0.15, 0.2) is 60.7 Å². The van der Waals surface area contributed by atoms with Crippen LogP contribution in [0.4, 0.5) is 11.5 Å². The highest BCUT2D eigenvalue weighted by molar-refractivity contribution is 6.03. The molecule has 0 bridgehead atoms. The van der Waals surface area contributed by atoms with Crippen molar-refractivity contribution < 1.29 is 4.79 Å².